The topological polar surface area (TPSA) is 42.0 Å². The Morgan fingerprint density at radius 3 is 2.32 bits per heavy atom. The summed E-state index contributed by atoms with van der Waals surface area (Å²) < 4.78 is 0. The third-order valence-electron chi connectivity index (χ3n) is 3.24. The van der Waals surface area contributed by atoms with Crippen molar-refractivity contribution < 1.29 is 4.79 Å². The molecule has 1 aromatic heterocycles. The number of thioether (sulfide) groups is 1. The summed E-state index contributed by atoms with van der Waals surface area (Å²) in [6.45, 7) is 6.37. The number of carbonyl (C=O) groups excluding carboxylic acids is 1. The minimum absolute atomic E-state index is 0.00689. The van der Waals surface area contributed by atoms with Gasteiger partial charge in [-0.3, -0.25) is 9.78 Å². The first-order valence-corrected chi connectivity index (χ1v) is 8.37. The number of rotatable bonds is 6. The Morgan fingerprint density at radius 2 is 1.73 bits per heavy atom. The molecule has 0 unspecified atom stereocenters. The predicted molar refractivity (Wildman–Crippen MR) is 91.9 cm³/mol. The Balaban J connectivity index is 1.91. The third-order valence-corrected chi connectivity index (χ3v) is 4.26. The van der Waals surface area contributed by atoms with E-state index in [4.69, 9.17) is 0 Å². The van der Waals surface area contributed by atoms with Gasteiger partial charge in [-0.1, -0.05) is 26.0 Å². The molecule has 0 aliphatic rings. The van der Waals surface area contributed by atoms with Crippen molar-refractivity contribution in [1.82, 2.24) is 10.3 Å². The molecule has 0 radical (unpaired) electrons. The maximum absolute atomic E-state index is 12.1. The van der Waals surface area contributed by atoms with Crippen LogP contribution in [-0.4, -0.2) is 16.1 Å². The van der Waals surface area contributed by atoms with Gasteiger partial charge in [0.05, 0.1) is 12.5 Å². The first-order chi connectivity index (χ1) is 10.5. The largest absolute Gasteiger partial charge is 0.349 e. The van der Waals surface area contributed by atoms with Crippen LogP contribution in [0, 0.1) is 0 Å². The van der Waals surface area contributed by atoms with Crippen molar-refractivity contribution in [3.8, 4) is 0 Å². The summed E-state index contributed by atoms with van der Waals surface area (Å²) in [5.74, 6) is 0.0272. The van der Waals surface area contributed by atoms with E-state index in [0.717, 1.165) is 11.1 Å². The molecule has 1 heterocycles. The minimum Gasteiger partial charge on any atom is -0.349 e. The Labute approximate surface area is 136 Å². The van der Waals surface area contributed by atoms with Crippen LogP contribution < -0.4 is 5.32 Å². The molecule has 22 heavy (non-hydrogen) atoms. The highest BCUT2D eigenvalue weighted by molar-refractivity contribution is 7.99. The molecule has 1 aromatic carbocycles. The summed E-state index contributed by atoms with van der Waals surface area (Å²) in [6.07, 6.45) is 3.79. The van der Waals surface area contributed by atoms with Crippen LogP contribution in [0.5, 0.6) is 0 Å². The zero-order valence-electron chi connectivity index (χ0n) is 13.2. The van der Waals surface area contributed by atoms with Gasteiger partial charge < -0.3 is 5.32 Å². The molecule has 0 aliphatic carbocycles. The highest BCUT2D eigenvalue weighted by atomic mass is 32.2. The van der Waals surface area contributed by atoms with Crippen molar-refractivity contribution >= 4 is 17.7 Å². The molecule has 0 saturated heterocycles. The van der Waals surface area contributed by atoms with Gasteiger partial charge in [-0.15, -0.1) is 11.8 Å². The van der Waals surface area contributed by atoms with Crippen LogP contribution in [0.4, 0.5) is 0 Å². The van der Waals surface area contributed by atoms with Gasteiger partial charge in [0.2, 0.25) is 5.91 Å². The molecule has 0 aliphatic heterocycles. The number of hydrogen-bond donors (Lipinski definition) is 1. The van der Waals surface area contributed by atoms with E-state index in [1.807, 2.05) is 30.8 Å². The first kappa shape index (κ1) is 16.6. The molecule has 1 atom stereocenters. The van der Waals surface area contributed by atoms with Crippen molar-refractivity contribution in [3.05, 3.63) is 59.9 Å². The molecular weight excluding hydrogens is 292 g/mol. The quantitative estimate of drug-likeness (QED) is 0.819. The molecule has 0 saturated carbocycles. The van der Waals surface area contributed by atoms with E-state index in [-0.39, 0.29) is 11.9 Å². The molecular formula is C18H22N2OS. The number of amides is 1. The number of nitrogens with zero attached hydrogens (tertiary/aromatic N) is 1. The smallest absolute Gasteiger partial charge is 0.224 e. The maximum atomic E-state index is 12.1. The first-order valence-electron chi connectivity index (χ1n) is 7.49. The second kappa shape index (κ2) is 7.99. The van der Waals surface area contributed by atoms with Crippen LogP contribution in [0.1, 0.15) is 37.9 Å². The van der Waals surface area contributed by atoms with Crippen molar-refractivity contribution in [2.45, 2.75) is 43.4 Å². The number of benzene rings is 1. The fraction of sp³-hybridized carbons (Fsp3) is 0.333. The summed E-state index contributed by atoms with van der Waals surface area (Å²) in [4.78, 5) is 17.3. The van der Waals surface area contributed by atoms with Gasteiger partial charge in [-0.2, -0.15) is 0 Å². The lowest BCUT2D eigenvalue weighted by molar-refractivity contribution is -0.121. The van der Waals surface area contributed by atoms with Gasteiger partial charge in [0.1, 0.15) is 0 Å². The van der Waals surface area contributed by atoms with Crippen molar-refractivity contribution in [2.75, 3.05) is 0 Å². The molecule has 116 valence electrons. The van der Waals surface area contributed by atoms with E-state index in [2.05, 4.69) is 48.4 Å². The summed E-state index contributed by atoms with van der Waals surface area (Å²) in [5, 5.41) is 3.61. The molecule has 2 rings (SSSR count). The lowest BCUT2D eigenvalue weighted by atomic mass is 10.1. The summed E-state index contributed by atoms with van der Waals surface area (Å²) in [6, 6.07) is 12.1. The van der Waals surface area contributed by atoms with Gasteiger partial charge >= 0.3 is 0 Å². The highest BCUT2D eigenvalue weighted by Gasteiger charge is 2.10. The molecule has 0 fully saturated rings. The lowest BCUT2D eigenvalue weighted by Crippen LogP contribution is -2.28. The van der Waals surface area contributed by atoms with E-state index in [0.29, 0.717) is 11.7 Å². The Kier molecular flexibility index (Phi) is 6.01. The van der Waals surface area contributed by atoms with E-state index >= 15 is 0 Å². The summed E-state index contributed by atoms with van der Waals surface area (Å²) in [5.41, 5.74) is 2.10. The van der Waals surface area contributed by atoms with Crippen LogP contribution in [-0.2, 0) is 11.2 Å². The zero-order chi connectivity index (χ0) is 15.9. The average molecular weight is 314 g/mol. The Hall–Kier alpha value is -1.81. The monoisotopic (exact) mass is 314 g/mol. The fourth-order valence-corrected chi connectivity index (χ4v) is 3.01. The number of aromatic nitrogens is 1. The van der Waals surface area contributed by atoms with E-state index < -0.39 is 0 Å². The molecule has 2 aromatic rings. The number of carbonyl (C=O) groups is 1. The second-order valence-corrected chi connectivity index (χ2v) is 7.21. The Bertz CT molecular complexity index is 596. The van der Waals surface area contributed by atoms with Gasteiger partial charge in [0.15, 0.2) is 0 Å². The number of hydrogen-bond acceptors (Lipinski definition) is 3. The minimum atomic E-state index is 0.00689. The van der Waals surface area contributed by atoms with Crippen LogP contribution in [0.15, 0.2) is 53.7 Å². The molecule has 1 N–H and O–H groups in total. The predicted octanol–water partition coefficient (Wildman–Crippen LogP) is 4.00. The van der Waals surface area contributed by atoms with Crippen LogP contribution in [0.3, 0.4) is 0 Å². The second-order valence-electron chi connectivity index (χ2n) is 5.56. The maximum Gasteiger partial charge on any atom is 0.224 e. The van der Waals surface area contributed by atoms with E-state index in [1.165, 1.54) is 4.90 Å². The molecule has 0 spiro atoms. The van der Waals surface area contributed by atoms with Crippen molar-refractivity contribution in [1.29, 1.82) is 0 Å². The molecule has 1 amide bonds. The number of nitrogens with one attached hydrogen (secondary N) is 1. The average Bonchev–Trinajstić information content (AvgIpc) is 2.48. The fourth-order valence-electron chi connectivity index (χ4n) is 2.17. The van der Waals surface area contributed by atoms with Crippen molar-refractivity contribution in [2.24, 2.45) is 0 Å². The van der Waals surface area contributed by atoms with Gasteiger partial charge in [0.25, 0.3) is 0 Å². The number of pyridine rings is 1. The summed E-state index contributed by atoms with van der Waals surface area (Å²) in [7, 11) is 0. The van der Waals surface area contributed by atoms with E-state index in [9.17, 15) is 4.79 Å². The molecule has 4 heteroatoms. The zero-order valence-corrected chi connectivity index (χ0v) is 14.1. The van der Waals surface area contributed by atoms with Crippen LogP contribution >= 0.6 is 11.8 Å². The lowest BCUT2D eigenvalue weighted by Gasteiger charge is -2.15. The van der Waals surface area contributed by atoms with Crippen LogP contribution in [0.2, 0.25) is 0 Å². The normalized spacial score (nSPS) is 12.2. The summed E-state index contributed by atoms with van der Waals surface area (Å²) >= 11 is 1.84. The third kappa shape index (κ3) is 5.19. The van der Waals surface area contributed by atoms with Gasteiger partial charge in [-0.25, -0.2) is 0 Å². The molecule has 3 nitrogen and oxygen atoms in total. The molecule has 0 bridgehead atoms. The standard InChI is InChI=1S/C18H22N2OS/c1-13(2)22-17-6-4-16(5-7-17)14(3)20-18(21)12-15-8-10-19-11-9-15/h4-11,13-14H,12H2,1-3H3,(H,20,21)/t14-/m1/s1. The van der Waals surface area contributed by atoms with Gasteiger partial charge in [-0.05, 0) is 42.3 Å². The highest BCUT2D eigenvalue weighted by Crippen LogP contribution is 2.24. The Morgan fingerprint density at radius 1 is 1.09 bits per heavy atom. The SMILES string of the molecule is CC(C)Sc1ccc([C@@H](C)NC(=O)Cc2ccncc2)cc1. The van der Waals surface area contributed by atoms with E-state index in [1.54, 1.807) is 12.4 Å². The van der Waals surface area contributed by atoms with Crippen LogP contribution in [0.25, 0.3) is 0 Å². The van der Waals surface area contributed by atoms with Crippen molar-refractivity contribution in [3.63, 3.8) is 0 Å². The van der Waals surface area contributed by atoms with Gasteiger partial charge in [0, 0.05) is 22.5 Å².